The van der Waals surface area contributed by atoms with Gasteiger partial charge < -0.3 is 10.6 Å². The zero-order valence-electron chi connectivity index (χ0n) is 12.7. The number of nitrogens with two attached hydrogens (primary N) is 1. The highest BCUT2D eigenvalue weighted by atomic mass is 79.9. The van der Waals surface area contributed by atoms with Gasteiger partial charge in [0.15, 0.2) is 0 Å². The lowest BCUT2D eigenvalue weighted by atomic mass is 9.97. The Labute approximate surface area is 131 Å². The third kappa shape index (κ3) is 3.42. The van der Waals surface area contributed by atoms with Crippen LogP contribution in [0, 0.1) is 0 Å². The highest BCUT2D eigenvalue weighted by molar-refractivity contribution is 9.10. The van der Waals surface area contributed by atoms with E-state index in [9.17, 15) is 0 Å². The molecule has 2 N–H and O–H groups in total. The molecular formula is C16H26BrN3. The second kappa shape index (κ2) is 7.03. The van der Waals surface area contributed by atoms with E-state index in [4.69, 9.17) is 5.73 Å². The number of rotatable bonds is 4. The minimum absolute atomic E-state index is 0.120. The van der Waals surface area contributed by atoms with Crippen molar-refractivity contribution in [1.29, 1.82) is 0 Å². The number of halogens is 1. The Morgan fingerprint density at radius 3 is 2.65 bits per heavy atom. The lowest BCUT2D eigenvalue weighted by Crippen LogP contribution is -2.54. The first kappa shape index (κ1) is 16.0. The molecule has 1 aromatic carbocycles. The molecule has 0 aliphatic carbocycles. The summed E-state index contributed by atoms with van der Waals surface area (Å²) in [5, 5.41) is 0. The molecule has 0 aromatic heterocycles. The van der Waals surface area contributed by atoms with Gasteiger partial charge in [0.1, 0.15) is 0 Å². The van der Waals surface area contributed by atoms with E-state index in [1.54, 1.807) is 0 Å². The standard InChI is InChI=1S/C16H26BrN3/c1-4-13-11-20(10-9-19(13)3)16(12(2)18)14-7-5-6-8-15(14)17/h5-8,12-13,16H,4,9-11,18H2,1-3H3. The van der Waals surface area contributed by atoms with Crippen LogP contribution in [-0.2, 0) is 0 Å². The van der Waals surface area contributed by atoms with Gasteiger partial charge in [0.05, 0.1) is 6.04 Å². The van der Waals surface area contributed by atoms with Crippen molar-refractivity contribution in [3.63, 3.8) is 0 Å². The second-order valence-corrected chi connectivity index (χ2v) is 6.72. The Balaban J connectivity index is 2.24. The predicted molar refractivity (Wildman–Crippen MR) is 88.8 cm³/mol. The molecule has 1 heterocycles. The van der Waals surface area contributed by atoms with Gasteiger partial charge in [0, 0.05) is 36.2 Å². The third-order valence-corrected chi connectivity index (χ3v) is 5.12. The summed E-state index contributed by atoms with van der Waals surface area (Å²) in [5.41, 5.74) is 7.62. The first-order chi connectivity index (χ1) is 9.54. The van der Waals surface area contributed by atoms with Crippen LogP contribution >= 0.6 is 15.9 Å². The van der Waals surface area contributed by atoms with Crippen LogP contribution in [-0.4, -0.2) is 48.6 Å². The van der Waals surface area contributed by atoms with E-state index >= 15 is 0 Å². The molecule has 3 nitrogen and oxygen atoms in total. The van der Waals surface area contributed by atoms with Crippen molar-refractivity contribution in [2.75, 3.05) is 26.7 Å². The normalized spacial score (nSPS) is 24.6. The maximum Gasteiger partial charge on any atom is 0.0508 e. The number of likely N-dealkylation sites (N-methyl/N-ethyl adjacent to an activating group) is 1. The van der Waals surface area contributed by atoms with Crippen LogP contribution in [0.4, 0.5) is 0 Å². The highest BCUT2D eigenvalue weighted by Gasteiger charge is 2.31. The zero-order valence-corrected chi connectivity index (χ0v) is 14.3. The molecule has 0 saturated carbocycles. The molecule has 20 heavy (non-hydrogen) atoms. The minimum Gasteiger partial charge on any atom is -0.326 e. The fourth-order valence-corrected chi connectivity index (χ4v) is 3.71. The van der Waals surface area contributed by atoms with Gasteiger partial charge in [-0.15, -0.1) is 0 Å². The summed E-state index contributed by atoms with van der Waals surface area (Å²) < 4.78 is 1.16. The molecule has 1 aliphatic heterocycles. The Kier molecular flexibility index (Phi) is 5.61. The summed E-state index contributed by atoms with van der Waals surface area (Å²) in [6.45, 7) is 7.68. The van der Waals surface area contributed by atoms with Crippen molar-refractivity contribution < 1.29 is 0 Å². The molecule has 4 heteroatoms. The van der Waals surface area contributed by atoms with Crippen molar-refractivity contribution in [2.45, 2.75) is 38.4 Å². The average Bonchev–Trinajstić information content (AvgIpc) is 2.42. The van der Waals surface area contributed by atoms with E-state index in [1.165, 1.54) is 12.0 Å². The predicted octanol–water partition coefficient (Wildman–Crippen LogP) is 2.86. The van der Waals surface area contributed by atoms with E-state index in [0.717, 1.165) is 24.1 Å². The topological polar surface area (TPSA) is 32.5 Å². The average molecular weight is 340 g/mol. The molecule has 0 spiro atoms. The van der Waals surface area contributed by atoms with Crippen molar-refractivity contribution in [1.82, 2.24) is 9.80 Å². The van der Waals surface area contributed by atoms with E-state index in [2.05, 4.69) is 70.9 Å². The van der Waals surface area contributed by atoms with E-state index in [1.807, 2.05) is 0 Å². The van der Waals surface area contributed by atoms with Gasteiger partial charge in [-0.2, -0.15) is 0 Å². The van der Waals surface area contributed by atoms with Crippen molar-refractivity contribution in [3.05, 3.63) is 34.3 Å². The summed E-state index contributed by atoms with van der Waals surface area (Å²) >= 11 is 3.68. The maximum atomic E-state index is 6.31. The fraction of sp³-hybridized carbons (Fsp3) is 0.625. The second-order valence-electron chi connectivity index (χ2n) is 5.86. The highest BCUT2D eigenvalue weighted by Crippen LogP contribution is 2.31. The zero-order chi connectivity index (χ0) is 14.7. The quantitative estimate of drug-likeness (QED) is 0.915. The Morgan fingerprint density at radius 1 is 1.35 bits per heavy atom. The molecule has 3 unspecified atom stereocenters. The summed E-state index contributed by atoms with van der Waals surface area (Å²) in [7, 11) is 2.23. The number of piperazine rings is 1. The Hall–Kier alpha value is -0.420. The van der Waals surface area contributed by atoms with Crippen LogP contribution in [0.2, 0.25) is 0 Å². The molecule has 1 saturated heterocycles. The van der Waals surface area contributed by atoms with Crippen LogP contribution in [0.1, 0.15) is 31.9 Å². The van der Waals surface area contributed by atoms with Gasteiger partial charge in [0.25, 0.3) is 0 Å². The van der Waals surface area contributed by atoms with Gasteiger partial charge in [0.2, 0.25) is 0 Å². The SMILES string of the molecule is CCC1CN(C(c2ccccc2Br)C(C)N)CCN1C. The monoisotopic (exact) mass is 339 g/mol. The lowest BCUT2D eigenvalue weighted by molar-refractivity contribution is 0.0547. The molecule has 1 aliphatic rings. The Bertz CT molecular complexity index is 435. The fourth-order valence-electron chi connectivity index (χ4n) is 3.19. The summed E-state index contributed by atoms with van der Waals surface area (Å²) in [4.78, 5) is 5.02. The van der Waals surface area contributed by atoms with Crippen molar-refractivity contribution in [2.24, 2.45) is 5.73 Å². The van der Waals surface area contributed by atoms with Gasteiger partial charge in [-0.25, -0.2) is 0 Å². The van der Waals surface area contributed by atoms with E-state index in [0.29, 0.717) is 6.04 Å². The molecule has 2 rings (SSSR count). The lowest BCUT2D eigenvalue weighted by Gasteiger charge is -2.44. The smallest absolute Gasteiger partial charge is 0.0508 e. The van der Waals surface area contributed by atoms with E-state index < -0.39 is 0 Å². The molecule has 0 amide bonds. The first-order valence-corrected chi connectivity index (χ1v) is 8.28. The largest absolute Gasteiger partial charge is 0.326 e. The van der Waals surface area contributed by atoms with Gasteiger partial charge >= 0.3 is 0 Å². The number of benzene rings is 1. The number of hydrogen-bond donors (Lipinski definition) is 1. The van der Waals surface area contributed by atoms with Crippen molar-refractivity contribution in [3.8, 4) is 0 Å². The van der Waals surface area contributed by atoms with Crippen LogP contribution < -0.4 is 5.73 Å². The maximum absolute atomic E-state index is 6.31. The molecule has 0 bridgehead atoms. The number of hydrogen-bond acceptors (Lipinski definition) is 3. The molecule has 112 valence electrons. The molecule has 0 radical (unpaired) electrons. The molecule has 1 fully saturated rings. The Morgan fingerprint density at radius 2 is 2.05 bits per heavy atom. The molecular weight excluding hydrogens is 314 g/mol. The molecule has 3 atom stereocenters. The van der Waals surface area contributed by atoms with Crippen LogP contribution in [0.3, 0.4) is 0 Å². The van der Waals surface area contributed by atoms with Gasteiger partial charge in [-0.1, -0.05) is 41.1 Å². The molecule has 1 aromatic rings. The first-order valence-electron chi connectivity index (χ1n) is 7.48. The summed E-state index contributed by atoms with van der Waals surface area (Å²) in [6, 6.07) is 9.50. The van der Waals surface area contributed by atoms with Gasteiger partial charge in [-0.3, -0.25) is 4.90 Å². The minimum atomic E-state index is 0.120. The van der Waals surface area contributed by atoms with Crippen LogP contribution in [0.25, 0.3) is 0 Å². The third-order valence-electron chi connectivity index (χ3n) is 4.40. The van der Waals surface area contributed by atoms with Crippen LogP contribution in [0.15, 0.2) is 28.7 Å². The summed E-state index contributed by atoms with van der Waals surface area (Å²) in [6.07, 6.45) is 1.19. The van der Waals surface area contributed by atoms with Crippen LogP contribution in [0.5, 0.6) is 0 Å². The van der Waals surface area contributed by atoms with Crippen molar-refractivity contribution >= 4 is 15.9 Å². The van der Waals surface area contributed by atoms with Gasteiger partial charge in [-0.05, 0) is 32.0 Å². The summed E-state index contributed by atoms with van der Waals surface area (Å²) in [5.74, 6) is 0. The van der Waals surface area contributed by atoms with E-state index in [-0.39, 0.29) is 12.1 Å². The number of nitrogens with zero attached hydrogens (tertiary/aromatic N) is 2.